The lowest BCUT2D eigenvalue weighted by molar-refractivity contribution is -0.118. The monoisotopic (exact) mass is 403 g/mol. The van der Waals surface area contributed by atoms with E-state index in [1.165, 1.54) is 11.1 Å². The molecule has 1 aliphatic heterocycles. The van der Waals surface area contributed by atoms with Crippen LogP contribution in [0.4, 0.5) is 5.69 Å². The van der Waals surface area contributed by atoms with Crippen molar-refractivity contribution in [3.8, 4) is 5.75 Å². The fourth-order valence-corrected chi connectivity index (χ4v) is 3.47. The van der Waals surface area contributed by atoms with Gasteiger partial charge in [-0.05, 0) is 36.6 Å². The van der Waals surface area contributed by atoms with Crippen molar-refractivity contribution in [1.29, 1.82) is 0 Å². The second kappa shape index (κ2) is 11.1. The lowest BCUT2D eigenvalue weighted by atomic mass is 10.0. The van der Waals surface area contributed by atoms with E-state index in [1.807, 2.05) is 31.2 Å². The van der Waals surface area contributed by atoms with Gasteiger partial charge in [0.15, 0.2) is 0 Å². The van der Waals surface area contributed by atoms with Gasteiger partial charge in [0.25, 0.3) is 0 Å². The van der Waals surface area contributed by atoms with Gasteiger partial charge >= 0.3 is 0 Å². The fraction of sp³-hybridized carbons (Fsp3) is 0.409. The average molecular weight is 404 g/mol. The summed E-state index contributed by atoms with van der Waals surface area (Å²) in [4.78, 5) is 14.9. The van der Waals surface area contributed by atoms with Gasteiger partial charge in [0.05, 0.1) is 18.8 Å². The Labute approximate surface area is 173 Å². The molecule has 0 spiro atoms. The molecule has 0 saturated carbocycles. The Balaban J connectivity index is 0.00000280. The van der Waals surface area contributed by atoms with Crippen LogP contribution in [0.25, 0.3) is 0 Å². The summed E-state index contributed by atoms with van der Waals surface area (Å²) in [5.41, 5.74) is 3.31. The van der Waals surface area contributed by atoms with Gasteiger partial charge in [-0.15, -0.1) is 12.4 Å². The number of carbonyl (C=O) groups is 1. The predicted molar refractivity (Wildman–Crippen MR) is 116 cm³/mol. The van der Waals surface area contributed by atoms with Crippen LogP contribution in [0.1, 0.15) is 31.0 Å². The largest absolute Gasteiger partial charge is 0.492 e. The molecule has 28 heavy (non-hydrogen) atoms. The number of ether oxygens (including phenoxy) is 1. The molecule has 0 radical (unpaired) electrons. The zero-order valence-corrected chi connectivity index (χ0v) is 17.4. The van der Waals surface area contributed by atoms with E-state index in [-0.39, 0.29) is 24.4 Å². The highest BCUT2D eigenvalue weighted by atomic mass is 35.5. The van der Waals surface area contributed by atoms with Crippen LogP contribution in [0.3, 0.4) is 0 Å². The van der Waals surface area contributed by atoms with Gasteiger partial charge in [-0.1, -0.05) is 43.3 Å². The molecule has 1 saturated heterocycles. The molecule has 152 valence electrons. The van der Waals surface area contributed by atoms with E-state index in [0.29, 0.717) is 18.9 Å². The normalized spacial score (nSPS) is 16.9. The molecule has 1 atom stereocenters. The molecule has 1 amide bonds. The van der Waals surface area contributed by atoms with Crippen LogP contribution < -0.4 is 15.4 Å². The van der Waals surface area contributed by atoms with Crippen molar-refractivity contribution >= 4 is 24.0 Å². The Hall–Kier alpha value is -2.08. The molecule has 2 N–H and O–H groups in total. The molecular weight excluding hydrogens is 374 g/mol. The first-order valence-corrected chi connectivity index (χ1v) is 9.76. The summed E-state index contributed by atoms with van der Waals surface area (Å²) < 4.78 is 5.60. The molecule has 3 rings (SSSR count). The summed E-state index contributed by atoms with van der Waals surface area (Å²) in [5, 5.41) is 6.45. The Morgan fingerprint density at radius 1 is 1.18 bits per heavy atom. The SMILES string of the molecule is CCOc1ccccc1NC(=O)CN1CCNCC1c1ccc(CC)cc1.Cl. The molecular formula is C22H30ClN3O2. The smallest absolute Gasteiger partial charge is 0.238 e. The van der Waals surface area contributed by atoms with Crippen LogP contribution in [-0.2, 0) is 11.2 Å². The minimum absolute atomic E-state index is 0. The van der Waals surface area contributed by atoms with E-state index in [0.717, 1.165) is 31.7 Å². The van der Waals surface area contributed by atoms with Crippen LogP contribution in [0.2, 0.25) is 0 Å². The number of benzene rings is 2. The molecule has 1 aliphatic rings. The number of nitrogens with zero attached hydrogens (tertiary/aromatic N) is 1. The van der Waals surface area contributed by atoms with Crippen LogP contribution in [0.15, 0.2) is 48.5 Å². The highest BCUT2D eigenvalue weighted by molar-refractivity contribution is 5.93. The lowest BCUT2D eigenvalue weighted by Crippen LogP contribution is -2.48. The van der Waals surface area contributed by atoms with Gasteiger partial charge in [-0.2, -0.15) is 0 Å². The summed E-state index contributed by atoms with van der Waals surface area (Å²) in [6.45, 7) is 7.63. The second-order valence-corrected chi connectivity index (χ2v) is 6.76. The maximum Gasteiger partial charge on any atom is 0.238 e. The number of carbonyl (C=O) groups excluding carboxylic acids is 1. The van der Waals surface area contributed by atoms with Gasteiger partial charge in [0, 0.05) is 25.7 Å². The number of anilines is 1. The predicted octanol–water partition coefficient (Wildman–Crippen LogP) is 3.65. The molecule has 0 aromatic heterocycles. The van der Waals surface area contributed by atoms with Crippen molar-refractivity contribution in [2.45, 2.75) is 26.3 Å². The number of amides is 1. The van der Waals surface area contributed by atoms with E-state index < -0.39 is 0 Å². The third kappa shape index (κ3) is 5.71. The Bertz CT molecular complexity index is 752. The van der Waals surface area contributed by atoms with E-state index in [4.69, 9.17) is 4.74 Å². The minimum atomic E-state index is -0.0146. The zero-order chi connectivity index (χ0) is 19.1. The van der Waals surface area contributed by atoms with Gasteiger partial charge in [0.1, 0.15) is 5.75 Å². The molecule has 1 unspecified atom stereocenters. The highest BCUT2D eigenvalue weighted by Gasteiger charge is 2.25. The van der Waals surface area contributed by atoms with Gasteiger partial charge in [-0.3, -0.25) is 9.69 Å². The van der Waals surface area contributed by atoms with Crippen molar-refractivity contribution in [2.75, 3.05) is 38.1 Å². The molecule has 0 aliphatic carbocycles. The number of hydrogen-bond acceptors (Lipinski definition) is 4. The minimum Gasteiger partial charge on any atom is -0.492 e. The number of halogens is 1. The van der Waals surface area contributed by atoms with Gasteiger partial charge < -0.3 is 15.4 Å². The number of aryl methyl sites for hydroxylation is 1. The van der Waals surface area contributed by atoms with Crippen molar-refractivity contribution in [2.24, 2.45) is 0 Å². The van der Waals surface area contributed by atoms with Gasteiger partial charge in [-0.25, -0.2) is 0 Å². The molecule has 1 fully saturated rings. The Kier molecular flexibility index (Phi) is 8.77. The first kappa shape index (κ1) is 22.2. The third-order valence-electron chi connectivity index (χ3n) is 4.93. The summed E-state index contributed by atoms with van der Waals surface area (Å²) in [6.07, 6.45) is 1.04. The summed E-state index contributed by atoms with van der Waals surface area (Å²) >= 11 is 0. The topological polar surface area (TPSA) is 53.6 Å². The van der Waals surface area contributed by atoms with Crippen LogP contribution in [-0.4, -0.2) is 43.6 Å². The van der Waals surface area contributed by atoms with Crippen molar-refractivity contribution in [3.63, 3.8) is 0 Å². The van der Waals surface area contributed by atoms with E-state index in [2.05, 4.69) is 46.7 Å². The van der Waals surface area contributed by atoms with Crippen molar-refractivity contribution in [1.82, 2.24) is 10.2 Å². The second-order valence-electron chi connectivity index (χ2n) is 6.76. The van der Waals surface area contributed by atoms with Crippen LogP contribution >= 0.6 is 12.4 Å². The third-order valence-corrected chi connectivity index (χ3v) is 4.93. The number of nitrogens with one attached hydrogen (secondary N) is 2. The molecule has 1 heterocycles. The summed E-state index contributed by atoms with van der Waals surface area (Å²) in [6, 6.07) is 16.5. The highest BCUT2D eigenvalue weighted by Crippen LogP contribution is 2.25. The molecule has 5 nitrogen and oxygen atoms in total. The Morgan fingerprint density at radius 3 is 2.64 bits per heavy atom. The van der Waals surface area contributed by atoms with E-state index in [9.17, 15) is 4.79 Å². The van der Waals surface area contributed by atoms with E-state index in [1.54, 1.807) is 0 Å². The summed E-state index contributed by atoms with van der Waals surface area (Å²) in [5.74, 6) is 0.694. The fourth-order valence-electron chi connectivity index (χ4n) is 3.47. The number of rotatable bonds is 7. The van der Waals surface area contributed by atoms with Crippen molar-refractivity contribution < 1.29 is 9.53 Å². The Morgan fingerprint density at radius 2 is 1.93 bits per heavy atom. The molecule has 6 heteroatoms. The molecule has 2 aromatic carbocycles. The van der Waals surface area contributed by atoms with Crippen LogP contribution in [0.5, 0.6) is 5.75 Å². The number of para-hydroxylation sites is 2. The summed E-state index contributed by atoms with van der Waals surface area (Å²) in [7, 11) is 0. The quantitative estimate of drug-likeness (QED) is 0.740. The molecule has 2 aromatic rings. The van der Waals surface area contributed by atoms with Crippen LogP contribution in [0, 0.1) is 0 Å². The first-order chi connectivity index (χ1) is 13.2. The standard InChI is InChI=1S/C22H29N3O2.ClH/c1-3-17-9-11-18(12-10-17)20-15-23-13-14-25(20)16-22(26)24-19-7-5-6-8-21(19)27-4-2;/h5-12,20,23H,3-4,13-16H2,1-2H3,(H,24,26);1H. The average Bonchev–Trinajstić information content (AvgIpc) is 2.70. The maximum atomic E-state index is 12.7. The maximum absolute atomic E-state index is 12.7. The van der Waals surface area contributed by atoms with E-state index >= 15 is 0 Å². The van der Waals surface area contributed by atoms with Gasteiger partial charge in [0.2, 0.25) is 5.91 Å². The lowest BCUT2D eigenvalue weighted by Gasteiger charge is -2.36. The zero-order valence-electron chi connectivity index (χ0n) is 16.6. The molecule has 0 bridgehead atoms. The first-order valence-electron chi connectivity index (χ1n) is 9.76. The number of piperazine rings is 1. The number of hydrogen-bond donors (Lipinski definition) is 2. The van der Waals surface area contributed by atoms with Crippen molar-refractivity contribution in [3.05, 3.63) is 59.7 Å².